The van der Waals surface area contributed by atoms with Crippen LogP contribution in [0.15, 0.2) is 36.4 Å². The summed E-state index contributed by atoms with van der Waals surface area (Å²) in [6.45, 7) is 10.7. The summed E-state index contributed by atoms with van der Waals surface area (Å²) >= 11 is 0. The molecule has 1 saturated heterocycles. The number of carbonyl (C=O) groups is 1. The number of anilines is 2. The molecule has 7 nitrogen and oxygen atoms in total. The number of aryl methyl sites for hydroxylation is 1. The van der Waals surface area contributed by atoms with E-state index in [1.165, 1.54) is 5.56 Å². The summed E-state index contributed by atoms with van der Waals surface area (Å²) < 4.78 is 5.09. The largest absolute Gasteiger partial charge is 0.450 e. The van der Waals surface area contributed by atoms with Crippen LogP contribution < -0.4 is 9.80 Å². The second kappa shape index (κ2) is 9.39. The van der Waals surface area contributed by atoms with Crippen LogP contribution in [0.25, 0.3) is 0 Å². The van der Waals surface area contributed by atoms with Crippen molar-refractivity contribution >= 4 is 17.9 Å². The molecule has 3 rings (SSSR count). The Kier molecular flexibility index (Phi) is 6.68. The Morgan fingerprint density at radius 1 is 1.11 bits per heavy atom. The van der Waals surface area contributed by atoms with Gasteiger partial charge in [-0.15, -0.1) is 0 Å². The van der Waals surface area contributed by atoms with Crippen LogP contribution in [-0.2, 0) is 11.3 Å². The van der Waals surface area contributed by atoms with Gasteiger partial charge in [0.2, 0.25) is 5.95 Å². The number of aromatic nitrogens is 2. The Hall–Kier alpha value is -2.83. The first kappa shape index (κ1) is 19.9. The summed E-state index contributed by atoms with van der Waals surface area (Å²) in [4.78, 5) is 27.5. The number of carbonyl (C=O) groups excluding carboxylic acids is 1. The van der Waals surface area contributed by atoms with Gasteiger partial charge in [-0.1, -0.05) is 30.3 Å². The SMILES string of the molecule is CCOC(=O)N1CCN(c2nc(C)cc(N(CC)Cc3ccccc3)n2)CC1. The zero-order valence-electron chi connectivity index (χ0n) is 17.0. The molecule has 0 atom stereocenters. The summed E-state index contributed by atoms with van der Waals surface area (Å²) in [5.41, 5.74) is 2.20. The van der Waals surface area contributed by atoms with Crippen molar-refractivity contribution in [1.82, 2.24) is 14.9 Å². The van der Waals surface area contributed by atoms with Crippen LogP contribution in [0.1, 0.15) is 25.1 Å². The van der Waals surface area contributed by atoms with Crippen molar-refractivity contribution in [3.05, 3.63) is 47.7 Å². The van der Waals surface area contributed by atoms with Crippen molar-refractivity contribution in [3.63, 3.8) is 0 Å². The molecule has 1 aliphatic heterocycles. The third-order valence-corrected chi connectivity index (χ3v) is 4.84. The Balaban J connectivity index is 1.72. The van der Waals surface area contributed by atoms with Crippen molar-refractivity contribution in [2.75, 3.05) is 49.1 Å². The maximum Gasteiger partial charge on any atom is 0.409 e. The topological polar surface area (TPSA) is 61.8 Å². The second-order valence-electron chi connectivity index (χ2n) is 6.84. The van der Waals surface area contributed by atoms with E-state index in [0.717, 1.165) is 30.5 Å². The first-order valence-corrected chi connectivity index (χ1v) is 9.92. The van der Waals surface area contributed by atoms with Crippen molar-refractivity contribution in [3.8, 4) is 0 Å². The molecule has 0 spiro atoms. The number of piperazine rings is 1. The van der Waals surface area contributed by atoms with Crippen LogP contribution in [0.2, 0.25) is 0 Å². The Labute approximate surface area is 166 Å². The highest BCUT2D eigenvalue weighted by Gasteiger charge is 2.24. The van der Waals surface area contributed by atoms with Gasteiger partial charge in [-0.05, 0) is 26.3 Å². The minimum absolute atomic E-state index is 0.243. The predicted molar refractivity (Wildman–Crippen MR) is 111 cm³/mol. The van der Waals surface area contributed by atoms with Crippen LogP contribution in [0.4, 0.5) is 16.6 Å². The molecule has 0 bridgehead atoms. The van der Waals surface area contributed by atoms with E-state index in [2.05, 4.69) is 46.0 Å². The standard InChI is InChI=1S/C21H29N5O2/c1-4-24(16-18-9-7-6-8-10-18)19-15-17(3)22-20(23-19)25-11-13-26(14-12-25)21(27)28-5-2/h6-10,15H,4-5,11-14,16H2,1-3H3. The molecule has 1 aliphatic rings. The van der Waals surface area contributed by atoms with E-state index in [-0.39, 0.29) is 6.09 Å². The molecule has 0 aliphatic carbocycles. The minimum Gasteiger partial charge on any atom is -0.450 e. The quantitative estimate of drug-likeness (QED) is 0.764. The molecule has 2 heterocycles. The van der Waals surface area contributed by atoms with E-state index in [4.69, 9.17) is 9.72 Å². The molecule has 0 N–H and O–H groups in total. The molecule has 28 heavy (non-hydrogen) atoms. The van der Waals surface area contributed by atoms with Crippen molar-refractivity contribution in [1.29, 1.82) is 0 Å². The Morgan fingerprint density at radius 2 is 1.82 bits per heavy atom. The lowest BCUT2D eigenvalue weighted by Crippen LogP contribution is -2.49. The zero-order valence-corrected chi connectivity index (χ0v) is 17.0. The van der Waals surface area contributed by atoms with Gasteiger partial charge in [0.05, 0.1) is 6.61 Å². The highest BCUT2D eigenvalue weighted by Crippen LogP contribution is 2.20. The molecule has 1 aromatic heterocycles. The fourth-order valence-corrected chi connectivity index (χ4v) is 3.30. The molecule has 1 amide bonds. The number of amides is 1. The van der Waals surface area contributed by atoms with Gasteiger partial charge >= 0.3 is 6.09 Å². The molecule has 150 valence electrons. The van der Waals surface area contributed by atoms with Crippen LogP contribution in [0.3, 0.4) is 0 Å². The van der Waals surface area contributed by atoms with Crippen LogP contribution >= 0.6 is 0 Å². The van der Waals surface area contributed by atoms with Gasteiger partial charge in [-0.25, -0.2) is 9.78 Å². The lowest BCUT2D eigenvalue weighted by atomic mass is 10.2. The summed E-state index contributed by atoms with van der Waals surface area (Å²) in [5.74, 6) is 1.66. The van der Waals surface area contributed by atoms with Gasteiger partial charge in [0.25, 0.3) is 0 Å². The number of nitrogens with zero attached hydrogens (tertiary/aromatic N) is 5. The van der Waals surface area contributed by atoms with Crippen molar-refractivity contribution < 1.29 is 9.53 Å². The van der Waals surface area contributed by atoms with Gasteiger partial charge in [0.1, 0.15) is 5.82 Å². The van der Waals surface area contributed by atoms with Crippen molar-refractivity contribution in [2.45, 2.75) is 27.3 Å². The summed E-state index contributed by atoms with van der Waals surface area (Å²) in [7, 11) is 0. The van der Waals surface area contributed by atoms with Crippen molar-refractivity contribution in [2.24, 2.45) is 0 Å². The maximum atomic E-state index is 11.9. The molecule has 1 fully saturated rings. The molecular formula is C21H29N5O2. The Bertz CT molecular complexity index is 776. The molecule has 0 radical (unpaired) electrons. The van der Waals surface area contributed by atoms with E-state index >= 15 is 0 Å². The van der Waals surface area contributed by atoms with Gasteiger partial charge in [-0.2, -0.15) is 4.98 Å². The number of hydrogen-bond donors (Lipinski definition) is 0. The van der Waals surface area contributed by atoms with Crippen LogP contribution in [0, 0.1) is 6.92 Å². The molecule has 7 heteroatoms. The highest BCUT2D eigenvalue weighted by atomic mass is 16.6. The fraction of sp³-hybridized carbons (Fsp3) is 0.476. The normalized spacial score (nSPS) is 14.1. The van der Waals surface area contributed by atoms with Crippen LogP contribution in [0.5, 0.6) is 0 Å². The summed E-state index contributed by atoms with van der Waals surface area (Å²) in [6, 6.07) is 12.4. The third kappa shape index (κ3) is 4.91. The van der Waals surface area contributed by atoms with E-state index in [0.29, 0.717) is 32.8 Å². The molecule has 2 aromatic rings. The van der Waals surface area contributed by atoms with Gasteiger partial charge in [-0.3, -0.25) is 0 Å². The average molecular weight is 383 g/mol. The number of rotatable bonds is 6. The number of hydrogen-bond acceptors (Lipinski definition) is 6. The van der Waals surface area contributed by atoms with E-state index < -0.39 is 0 Å². The van der Waals surface area contributed by atoms with Gasteiger partial charge < -0.3 is 19.4 Å². The zero-order chi connectivity index (χ0) is 19.9. The van der Waals surface area contributed by atoms with Gasteiger partial charge in [0, 0.05) is 51.0 Å². The molecule has 0 saturated carbocycles. The first-order chi connectivity index (χ1) is 13.6. The van der Waals surface area contributed by atoms with E-state index in [1.54, 1.807) is 4.90 Å². The average Bonchev–Trinajstić information content (AvgIpc) is 2.72. The van der Waals surface area contributed by atoms with E-state index in [9.17, 15) is 4.79 Å². The monoisotopic (exact) mass is 383 g/mol. The smallest absolute Gasteiger partial charge is 0.409 e. The molecule has 1 aromatic carbocycles. The minimum atomic E-state index is -0.243. The lowest BCUT2D eigenvalue weighted by molar-refractivity contribution is 0.105. The first-order valence-electron chi connectivity index (χ1n) is 9.92. The predicted octanol–water partition coefficient (Wildman–Crippen LogP) is 3.09. The maximum absolute atomic E-state index is 11.9. The molecular weight excluding hydrogens is 354 g/mol. The lowest BCUT2D eigenvalue weighted by Gasteiger charge is -2.34. The van der Waals surface area contributed by atoms with Gasteiger partial charge in [0.15, 0.2) is 0 Å². The second-order valence-corrected chi connectivity index (χ2v) is 6.84. The Morgan fingerprint density at radius 3 is 2.46 bits per heavy atom. The molecule has 0 unspecified atom stereocenters. The number of ether oxygens (including phenoxy) is 1. The summed E-state index contributed by atoms with van der Waals surface area (Å²) in [6.07, 6.45) is -0.243. The van der Waals surface area contributed by atoms with E-state index in [1.807, 2.05) is 26.0 Å². The number of benzene rings is 1. The highest BCUT2D eigenvalue weighted by molar-refractivity contribution is 5.68. The third-order valence-electron chi connectivity index (χ3n) is 4.84. The van der Waals surface area contributed by atoms with Crippen LogP contribution in [-0.4, -0.2) is 60.3 Å². The fourth-order valence-electron chi connectivity index (χ4n) is 3.30. The summed E-state index contributed by atoms with van der Waals surface area (Å²) in [5, 5.41) is 0.